The summed E-state index contributed by atoms with van der Waals surface area (Å²) >= 11 is 6.46. The van der Waals surface area contributed by atoms with E-state index >= 15 is 0 Å². The van der Waals surface area contributed by atoms with Crippen LogP contribution in [0, 0.1) is 5.82 Å². The lowest BCUT2D eigenvalue weighted by atomic mass is 10.2. The number of rotatable bonds is 3. The van der Waals surface area contributed by atoms with E-state index in [0.29, 0.717) is 14.9 Å². The number of thiocarbonyl (C=S) groups is 1. The standard InChI is InChI=1S/C18H12FNOS2/c19-14-9-5-10-15(12-14)20-17(21)16(23-18(20)22)11-4-8-13-6-2-1-3-7-13/h1-12H/b8-4-,16-11-. The van der Waals surface area contributed by atoms with E-state index < -0.39 is 5.82 Å². The molecule has 114 valence electrons. The number of hydrogen-bond acceptors (Lipinski definition) is 3. The Morgan fingerprint density at radius 1 is 1.09 bits per heavy atom. The van der Waals surface area contributed by atoms with Gasteiger partial charge >= 0.3 is 0 Å². The maximum atomic E-state index is 13.3. The normalized spacial score (nSPS) is 16.7. The Labute approximate surface area is 143 Å². The monoisotopic (exact) mass is 341 g/mol. The predicted octanol–water partition coefficient (Wildman–Crippen LogP) is 4.79. The molecular formula is C18H12FNOS2. The molecule has 0 spiro atoms. The first-order valence-electron chi connectivity index (χ1n) is 6.90. The van der Waals surface area contributed by atoms with Crippen molar-refractivity contribution >= 4 is 46.0 Å². The second-order valence-electron chi connectivity index (χ2n) is 4.79. The molecule has 2 nitrogen and oxygen atoms in total. The predicted molar refractivity (Wildman–Crippen MR) is 97.6 cm³/mol. The van der Waals surface area contributed by atoms with E-state index in [0.717, 1.165) is 5.56 Å². The van der Waals surface area contributed by atoms with E-state index in [1.165, 1.54) is 28.8 Å². The Morgan fingerprint density at radius 3 is 2.61 bits per heavy atom. The number of carbonyl (C=O) groups excluding carboxylic acids is 1. The van der Waals surface area contributed by atoms with Gasteiger partial charge in [-0.2, -0.15) is 0 Å². The van der Waals surface area contributed by atoms with E-state index in [1.807, 2.05) is 42.5 Å². The van der Waals surface area contributed by atoms with Crippen LogP contribution in [0.4, 0.5) is 10.1 Å². The van der Waals surface area contributed by atoms with Crippen molar-refractivity contribution in [3.8, 4) is 0 Å². The van der Waals surface area contributed by atoms with Crippen molar-refractivity contribution in [2.75, 3.05) is 4.90 Å². The molecule has 3 rings (SSSR count). The largest absolute Gasteiger partial charge is 0.270 e. The van der Waals surface area contributed by atoms with Crippen LogP contribution < -0.4 is 4.90 Å². The molecule has 0 aromatic heterocycles. The number of benzene rings is 2. The van der Waals surface area contributed by atoms with Crippen LogP contribution in [-0.4, -0.2) is 10.2 Å². The molecule has 5 heteroatoms. The summed E-state index contributed by atoms with van der Waals surface area (Å²) in [5.74, 6) is -0.632. The van der Waals surface area contributed by atoms with Gasteiger partial charge in [0.2, 0.25) is 0 Å². The van der Waals surface area contributed by atoms with Crippen LogP contribution in [0.1, 0.15) is 5.56 Å². The van der Waals surface area contributed by atoms with Gasteiger partial charge in [-0.15, -0.1) is 0 Å². The van der Waals surface area contributed by atoms with E-state index in [-0.39, 0.29) is 5.91 Å². The lowest BCUT2D eigenvalue weighted by molar-refractivity contribution is -0.113. The molecule has 0 bridgehead atoms. The number of anilines is 1. The summed E-state index contributed by atoms with van der Waals surface area (Å²) in [5, 5.41) is 0. The highest BCUT2D eigenvalue weighted by molar-refractivity contribution is 8.27. The molecule has 0 aliphatic carbocycles. The molecule has 23 heavy (non-hydrogen) atoms. The Balaban J connectivity index is 1.81. The van der Waals surface area contributed by atoms with Crippen molar-refractivity contribution in [2.24, 2.45) is 0 Å². The van der Waals surface area contributed by atoms with Gasteiger partial charge in [0.15, 0.2) is 4.32 Å². The van der Waals surface area contributed by atoms with Crippen molar-refractivity contribution in [1.29, 1.82) is 0 Å². The van der Waals surface area contributed by atoms with Gasteiger partial charge in [-0.1, -0.05) is 72.5 Å². The molecule has 2 aromatic rings. The van der Waals surface area contributed by atoms with Crippen molar-refractivity contribution in [3.63, 3.8) is 0 Å². The van der Waals surface area contributed by atoms with Crippen LogP contribution in [-0.2, 0) is 4.79 Å². The maximum Gasteiger partial charge on any atom is 0.270 e. The highest BCUT2D eigenvalue weighted by Gasteiger charge is 2.32. The quantitative estimate of drug-likeness (QED) is 0.591. The highest BCUT2D eigenvalue weighted by atomic mass is 32.2. The topological polar surface area (TPSA) is 20.3 Å². The third kappa shape index (κ3) is 3.57. The molecule has 0 saturated carbocycles. The van der Waals surface area contributed by atoms with Crippen molar-refractivity contribution in [3.05, 3.63) is 83.0 Å². The zero-order valence-electron chi connectivity index (χ0n) is 12.0. The summed E-state index contributed by atoms with van der Waals surface area (Å²) in [6.07, 6.45) is 5.45. The smallest absolute Gasteiger partial charge is 0.268 e. The molecule has 1 amide bonds. The zero-order chi connectivity index (χ0) is 16.2. The molecule has 1 fully saturated rings. The first kappa shape index (κ1) is 15.6. The van der Waals surface area contributed by atoms with Crippen LogP contribution in [0.3, 0.4) is 0 Å². The number of carbonyl (C=O) groups is 1. The lowest BCUT2D eigenvalue weighted by Gasteiger charge is -2.14. The minimum absolute atomic E-state index is 0.233. The van der Waals surface area contributed by atoms with Crippen LogP contribution in [0.5, 0.6) is 0 Å². The highest BCUT2D eigenvalue weighted by Crippen LogP contribution is 2.35. The Kier molecular flexibility index (Phi) is 4.69. The second-order valence-corrected chi connectivity index (χ2v) is 6.46. The third-order valence-electron chi connectivity index (χ3n) is 3.20. The number of amides is 1. The van der Waals surface area contributed by atoms with Crippen molar-refractivity contribution in [2.45, 2.75) is 0 Å². The van der Waals surface area contributed by atoms with E-state index in [4.69, 9.17) is 12.2 Å². The summed E-state index contributed by atoms with van der Waals surface area (Å²) in [7, 11) is 0. The lowest BCUT2D eigenvalue weighted by Crippen LogP contribution is -2.27. The number of thioether (sulfide) groups is 1. The molecule has 0 unspecified atom stereocenters. The minimum atomic E-state index is -0.399. The van der Waals surface area contributed by atoms with Crippen LogP contribution in [0.25, 0.3) is 6.08 Å². The fourth-order valence-electron chi connectivity index (χ4n) is 2.13. The Morgan fingerprint density at radius 2 is 1.87 bits per heavy atom. The maximum absolute atomic E-state index is 13.3. The summed E-state index contributed by atoms with van der Waals surface area (Å²) in [6.45, 7) is 0. The van der Waals surface area contributed by atoms with E-state index in [9.17, 15) is 9.18 Å². The second kappa shape index (κ2) is 6.89. The molecule has 1 saturated heterocycles. The molecule has 0 radical (unpaired) electrons. The number of allylic oxidation sites excluding steroid dienone is 2. The molecule has 1 heterocycles. The molecule has 1 aliphatic heterocycles. The average molecular weight is 341 g/mol. The molecular weight excluding hydrogens is 329 g/mol. The van der Waals surface area contributed by atoms with Gasteiger partial charge in [0, 0.05) is 0 Å². The SMILES string of the molecule is O=C1/C(=C/C=C\c2ccccc2)SC(=S)N1c1cccc(F)c1. The number of nitrogens with zero attached hydrogens (tertiary/aromatic N) is 1. The first-order valence-corrected chi connectivity index (χ1v) is 8.13. The van der Waals surface area contributed by atoms with Gasteiger partial charge in [0.1, 0.15) is 5.82 Å². The van der Waals surface area contributed by atoms with Crippen molar-refractivity contribution in [1.82, 2.24) is 0 Å². The number of hydrogen-bond donors (Lipinski definition) is 0. The fourth-order valence-corrected chi connectivity index (χ4v) is 3.38. The zero-order valence-corrected chi connectivity index (χ0v) is 13.6. The molecule has 0 N–H and O–H groups in total. The van der Waals surface area contributed by atoms with Crippen LogP contribution in [0.15, 0.2) is 71.7 Å². The van der Waals surface area contributed by atoms with Gasteiger partial charge in [0.05, 0.1) is 10.6 Å². The van der Waals surface area contributed by atoms with Crippen molar-refractivity contribution < 1.29 is 9.18 Å². The van der Waals surface area contributed by atoms with Gasteiger partial charge in [-0.3, -0.25) is 9.69 Å². The summed E-state index contributed by atoms with van der Waals surface area (Å²) in [6, 6.07) is 15.6. The Hall–Kier alpha value is -2.24. The summed E-state index contributed by atoms with van der Waals surface area (Å²) < 4.78 is 13.8. The molecule has 0 atom stereocenters. The van der Waals surface area contributed by atoms with Crippen LogP contribution >= 0.6 is 24.0 Å². The first-order chi connectivity index (χ1) is 11.1. The van der Waals surface area contributed by atoms with Gasteiger partial charge in [-0.05, 0) is 29.8 Å². The van der Waals surface area contributed by atoms with E-state index in [2.05, 4.69) is 0 Å². The Bertz CT molecular complexity index is 815. The van der Waals surface area contributed by atoms with Gasteiger partial charge in [0.25, 0.3) is 5.91 Å². The van der Waals surface area contributed by atoms with Gasteiger partial charge in [-0.25, -0.2) is 4.39 Å². The van der Waals surface area contributed by atoms with Gasteiger partial charge < -0.3 is 0 Å². The number of halogens is 1. The minimum Gasteiger partial charge on any atom is -0.268 e. The molecule has 2 aromatic carbocycles. The third-order valence-corrected chi connectivity index (χ3v) is 4.52. The average Bonchev–Trinajstić information content (AvgIpc) is 2.82. The summed E-state index contributed by atoms with van der Waals surface area (Å²) in [4.78, 5) is 14.3. The molecule has 1 aliphatic rings. The van der Waals surface area contributed by atoms with Crippen LogP contribution in [0.2, 0.25) is 0 Å². The van der Waals surface area contributed by atoms with E-state index in [1.54, 1.807) is 18.2 Å². The fraction of sp³-hybridized carbons (Fsp3) is 0. The summed E-state index contributed by atoms with van der Waals surface area (Å²) in [5.41, 5.74) is 1.49.